The first-order valence-electron chi connectivity index (χ1n) is 9.07. The van der Waals surface area contributed by atoms with Crippen molar-refractivity contribution in [1.82, 2.24) is 4.90 Å². The smallest absolute Gasteiger partial charge is 0.256 e. The third-order valence-electron chi connectivity index (χ3n) is 4.62. The molecule has 1 amide bonds. The Morgan fingerprint density at radius 2 is 1.93 bits per heavy atom. The van der Waals surface area contributed by atoms with Gasteiger partial charge in [-0.3, -0.25) is 15.6 Å². The molecule has 30 heavy (non-hydrogen) atoms. The van der Waals surface area contributed by atoms with Gasteiger partial charge in [0.15, 0.2) is 5.84 Å². The van der Waals surface area contributed by atoms with Crippen LogP contribution in [0.2, 0.25) is 5.02 Å². The summed E-state index contributed by atoms with van der Waals surface area (Å²) in [6, 6.07) is 12.8. The van der Waals surface area contributed by atoms with Crippen LogP contribution in [0.5, 0.6) is 0 Å². The van der Waals surface area contributed by atoms with Gasteiger partial charge in [-0.2, -0.15) is 10.4 Å². The molecule has 0 aromatic heterocycles. The highest BCUT2D eigenvalue weighted by molar-refractivity contribution is 6.45. The van der Waals surface area contributed by atoms with Crippen LogP contribution in [-0.2, 0) is 0 Å². The van der Waals surface area contributed by atoms with Crippen molar-refractivity contribution in [3.05, 3.63) is 58.9 Å². The van der Waals surface area contributed by atoms with Gasteiger partial charge in [0, 0.05) is 31.2 Å². The van der Waals surface area contributed by atoms with E-state index in [9.17, 15) is 9.18 Å². The van der Waals surface area contributed by atoms with Gasteiger partial charge in [0.2, 0.25) is 5.71 Å². The molecular formula is C20H19ClFN7O. The molecular weight excluding hydrogens is 409 g/mol. The molecule has 154 valence electrons. The highest BCUT2D eigenvalue weighted by Gasteiger charge is 2.25. The molecule has 1 aliphatic heterocycles. The van der Waals surface area contributed by atoms with E-state index in [-0.39, 0.29) is 17.2 Å². The lowest BCUT2D eigenvalue weighted by Crippen LogP contribution is -2.49. The van der Waals surface area contributed by atoms with Crippen molar-refractivity contribution in [2.75, 3.05) is 36.5 Å². The van der Waals surface area contributed by atoms with Gasteiger partial charge < -0.3 is 15.5 Å². The van der Waals surface area contributed by atoms with Gasteiger partial charge in [-0.15, -0.1) is 0 Å². The maximum atomic E-state index is 13.9. The number of amidine groups is 1. The summed E-state index contributed by atoms with van der Waals surface area (Å²) in [5, 5.41) is 20.7. The number of nitrogens with one attached hydrogen (secondary N) is 2. The zero-order valence-electron chi connectivity index (χ0n) is 15.9. The molecule has 0 atom stereocenters. The van der Waals surface area contributed by atoms with Gasteiger partial charge in [0.1, 0.15) is 11.9 Å². The van der Waals surface area contributed by atoms with E-state index in [0.29, 0.717) is 36.9 Å². The molecule has 0 saturated carbocycles. The maximum Gasteiger partial charge on any atom is 0.256 e. The number of piperazine rings is 1. The summed E-state index contributed by atoms with van der Waals surface area (Å²) >= 11 is 6.09. The Morgan fingerprint density at radius 3 is 2.57 bits per heavy atom. The van der Waals surface area contributed by atoms with Crippen molar-refractivity contribution >= 4 is 40.4 Å². The molecule has 0 aliphatic carbocycles. The predicted octanol–water partition coefficient (Wildman–Crippen LogP) is 2.67. The Morgan fingerprint density at radius 1 is 1.23 bits per heavy atom. The number of halogens is 2. The normalized spacial score (nSPS) is 14.2. The summed E-state index contributed by atoms with van der Waals surface area (Å²) < 4.78 is 13.9. The van der Waals surface area contributed by atoms with Crippen molar-refractivity contribution in [3.63, 3.8) is 0 Å². The molecule has 1 fully saturated rings. The second-order valence-corrected chi connectivity index (χ2v) is 6.95. The number of nitrogens with zero attached hydrogens (tertiary/aromatic N) is 4. The SMILES string of the molecule is N#C/C(=N\Nc1cc(Cl)ccc1N1CCN(C(=O)c2ccccc2F)CC1)C(=N)N. The lowest BCUT2D eigenvalue weighted by atomic mass is 10.1. The minimum atomic E-state index is -0.536. The Hall–Kier alpha value is -3.64. The molecule has 2 aromatic rings. The minimum Gasteiger partial charge on any atom is -0.382 e. The molecule has 3 rings (SSSR count). The van der Waals surface area contributed by atoms with Crippen molar-refractivity contribution in [1.29, 1.82) is 10.7 Å². The fraction of sp³-hybridized carbons (Fsp3) is 0.200. The van der Waals surface area contributed by atoms with Crippen LogP contribution >= 0.6 is 11.6 Å². The molecule has 1 saturated heterocycles. The number of hydrogen-bond acceptors (Lipinski definition) is 6. The summed E-state index contributed by atoms with van der Waals surface area (Å²) in [5.74, 6) is -1.33. The first-order chi connectivity index (χ1) is 14.4. The molecule has 4 N–H and O–H groups in total. The average Bonchev–Trinajstić information content (AvgIpc) is 2.74. The standard InChI is InChI=1S/C20H19ClFN7O/c21-13-5-6-18(16(11-13)26-27-17(12-23)19(24)25)28-7-9-29(10-8-28)20(30)14-3-1-2-4-15(14)22/h1-6,11,26H,7-10H2,(H3,24,25)/b27-17+. The second-order valence-electron chi connectivity index (χ2n) is 6.52. The fourth-order valence-corrected chi connectivity index (χ4v) is 3.26. The Balaban J connectivity index is 1.74. The van der Waals surface area contributed by atoms with Gasteiger partial charge in [-0.25, -0.2) is 4.39 Å². The zero-order chi connectivity index (χ0) is 21.7. The number of carbonyl (C=O) groups is 1. The summed E-state index contributed by atoms with van der Waals surface area (Å²) in [5.41, 5.74) is 9.16. The monoisotopic (exact) mass is 427 g/mol. The zero-order valence-corrected chi connectivity index (χ0v) is 16.7. The van der Waals surface area contributed by atoms with Crippen molar-refractivity contribution in [2.24, 2.45) is 10.8 Å². The highest BCUT2D eigenvalue weighted by atomic mass is 35.5. The predicted molar refractivity (Wildman–Crippen MR) is 115 cm³/mol. The number of amides is 1. The Labute approximate surface area is 177 Å². The van der Waals surface area contributed by atoms with E-state index in [0.717, 1.165) is 5.69 Å². The number of nitrogens with two attached hydrogens (primary N) is 1. The van der Waals surface area contributed by atoms with Crippen LogP contribution in [0.25, 0.3) is 0 Å². The van der Waals surface area contributed by atoms with Crippen molar-refractivity contribution in [3.8, 4) is 6.07 Å². The number of rotatable bonds is 5. The van der Waals surface area contributed by atoms with Crippen LogP contribution in [0.4, 0.5) is 15.8 Å². The number of carbonyl (C=O) groups excluding carboxylic acids is 1. The van der Waals surface area contributed by atoms with Crippen molar-refractivity contribution in [2.45, 2.75) is 0 Å². The minimum absolute atomic E-state index is 0.0578. The van der Waals surface area contributed by atoms with Crippen LogP contribution in [0, 0.1) is 22.6 Å². The summed E-state index contributed by atoms with van der Waals surface area (Å²) in [7, 11) is 0. The molecule has 8 nitrogen and oxygen atoms in total. The largest absolute Gasteiger partial charge is 0.382 e. The average molecular weight is 428 g/mol. The van der Waals surface area contributed by atoms with Crippen LogP contribution < -0.4 is 16.1 Å². The highest BCUT2D eigenvalue weighted by Crippen LogP contribution is 2.30. The third-order valence-corrected chi connectivity index (χ3v) is 4.85. The molecule has 1 heterocycles. The first-order valence-corrected chi connectivity index (χ1v) is 9.45. The third kappa shape index (κ3) is 4.67. The van der Waals surface area contributed by atoms with Gasteiger partial charge in [-0.1, -0.05) is 23.7 Å². The van der Waals surface area contributed by atoms with Gasteiger partial charge in [0.25, 0.3) is 5.91 Å². The van der Waals surface area contributed by atoms with E-state index in [1.54, 1.807) is 41.3 Å². The molecule has 0 bridgehead atoms. The number of nitriles is 1. The Kier molecular flexibility index (Phi) is 6.49. The number of hydrogen-bond donors (Lipinski definition) is 3. The van der Waals surface area contributed by atoms with Crippen LogP contribution in [0.3, 0.4) is 0 Å². The number of benzene rings is 2. The summed E-state index contributed by atoms with van der Waals surface area (Å²) in [4.78, 5) is 16.2. The first kappa shape index (κ1) is 21.1. The molecule has 0 radical (unpaired) electrons. The molecule has 10 heteroatoms. The van der Waals surface area contributed by atoms with E-state index < -0.39 is 11.7 Å². The van der Waals surface area contributed by atoms with Gasteiger partial charge in [0.05, 0.1) is 16.9 Å². The quantitative estimate of drug-likeness (QED) is 0.384. The topological polar surface area (TPSA) is 122 Å². The lowest BCUT2D eigenvalue weighted by Gasteiger charge is -2.37. The van der Waals surface area contributed by atoms with E-state index in [1.165, 1.54) is 12.1 Å². The molecule has 1 aliphatic rings. The van der Waals surface area contributed by atoms with E-state index in [2.05, 4.69) is 10.5 Å². The number of anilines is 2. The fourth-order valence-electron chi connectivity index (χ4n) is 3.09. The van der Waals surface area contributed by atoms with Crippen molar-refractivity contribution < 1.29 is 9.18 Å². The van der Waals surface area contributed by atoms with E-state index in [1.807, 2.05) is 4.90 Å². The molecule has 2 aromatic carbocycles. The van der Waals surface area contributed by atoms with E-state index >= 15 is 0 Å². The second kappa shape index (κ2) is 9.24. The van der Waals surface area contributed by atoms with Crippen LogP contribution in [-0.4, -0.2) is 48.5 Å². The number of hydrazone groups is 1. The summed E-state index contributed by atoms with van der Waals surface area (Å²) in [6.45, 7) is 1.85. The van der Waals surface area contributed by atoms with Gasteiger partial charge in [-0.05, 0) is 30.3 Å². The Bertz CT molecular complexity index is 1040. The van der Waals surface area contributed by atoms with E-state index in [4.69, 9.17) is 28.0 Å². The molecule has 0 spiro atoms. The van der Waals surface area contributed by atoms with Crippen LogP contribution in [0.1, 0.15) is 10.4 Å². The summed E-state index contributed by atoms with van der Waals surface area (Å²) in [6.07, 6.45) is 0. The van der Waals surface area contributed by atoms with Crippen LogP contribution in [0.15, 0.2) is 47.6 Å². The molecule has 0 unspecified atom stereocenters. The maximum absolute atomic E-state index is 13.9. The lowest BCUT2D eigenvalue weighted by molar-refractivity contribution is 0.0742. The van der Waals surface area contributed by atoms with Gasteiger partial charge >= 0.3 is 0 Å².